The number of carbonyl (C=O) groups is 1. The molecule has 1 amide bonds. The van der Waals surface area contributed by atoms with Gasteiger partial charge in [-0.05, 0) is 49.9 Å². The van der Waals surface area contributed by atoms with Crippen molar-refractivity contribution in [2.75, 3.05) is 25.0 Å². The van der Waals surface area contributed by atoms with E-state index in [9.17, 15) is 18.0 Å². The highest BCUT2D eigenvalue weighted by molar-refractivity contribution is 6.30. The number of anilines is 1. The molecule has 2 atom stereocenters. The molecule has 0 bridgehead atoms. The fourth-order valence-corrected chi connectivity index (χ4v) is 3.07. The Labute approximate surface area is 150 Å². The van der Waals surface area contributed by atoms with Crippen LogP contribution < -0.4 is 15.4 Å². The molecule has 1 heterocycles. The first-order valence-corrected chi connectivity index (χ1v) is 8.62. The van der Waals surface area contributed by atoms with Crippen molar-refractivity contribution in [1.82, 2.24) is 5.32 Å². The predicted molar refractivity (Wildman–Crippen MR) is 91.0 cm³/mol. The second-order valence-electron chi connectivity index (χ2n) is 6.38. The molecule has 140 valence electrons. The largest absolute Gasteiger partial charge is 0.482 e. The molecule has 2 N–H and O–H groups in total. The monoisotopic (exact) mass is 378 g/mol. The van der Waals surface area contributed by atoms with Gasteiger partial charge in [-0.2, -0.15) is 13.2 Å². The van der Waals surface area contributed by atoms with Crippen LogP contribution in [0.25, 0.3) is 0 Å². The zero-order valence-electron chi connectivity index (χ0n) is 14.0. The minimum absolute atomic E-state index is 0.0924. The molecule has 1 aromatic carbocycles. The molecule has 0 spiro atoms. The molecule has 1 fully saturated rings. The van der Waals surface area contributed by atoms with E-state index in [0.717, 1.165) is 25.9 Å². The third-order valence-electron chi connectivity index (χ3n) is 4.26. The van der Waals surface area contributed by atoms with Crippen molar-refractivity contribution in [2.45, 2.75) is 32.4 Å². The molecule has 0 aliphatic carbocycles. The van der Waals surface area contributed by atoms with Gasteiger partial charge in [0.15, 0.2) is 6.61 Å². The number of halogens is 4. The highest BCUT2D eigenvalue weighted by Gasteiger charge is 2.29. The van der Waals surface area contributed by atoms with Crippen molar-refractivity contribution in [3.05, 3.63) is 23.2 Å². The fourth-order valence-electron chi connectivity index (χ4n) is 2.90. The maximum atomic E-state index is 12.4. The molecule has 2 rings (SSSR count). The fraction of sp³-hybridized carbons (Fsp3) is 0.588. The SMILES string of the molecule is CC(CC(=O)Nc1ccc(Cl)cc1OCC(F)(F)F)C1CCCNC1. The zero-order valence-corrected chi connectivity index (χ0v) is 14.7. The minimum Gasteiger partial charge on any atom is -0.482 e. The second-order valence-corrected chi connectivity index (χ2v) is 6.82. The number of hydrogen-bond donors (Lipinski definition) is 2. The summed E-state index contributed by atoms with van der Waals surface area (Å²) in [5.41, 5.74) is 0.188. The Morgan fingerprint density at radius 2 is 2.24 bits per heavy atom. The third-order valence-corrected chi connectivity index (χ3v) is 4.49. The van der Waals surface area contributed by atoms with Gasteiger partial charge >= 0.3 is 6.18 Å². The van der Waals surface area contributed by atoms with Crippen LogP contribution in [0.4, 0.5) is 18.9 Å². The van der Waals surface area contributed by atoms with Gasteiger partial charge in [-0.25, -0.2) is 0 Å². The van der Waals surface area contributed by atoms with Crippen LogP contribution in [0.3, 0.4) is 0 Å². The number of nitrogens with one attached hydrogen (secondary N) is 2. The van der Waals surface area contributed by atoms with Crippen LogP contribution >= 0.6 is 11.6 Å². The summed E-state index contributed by atoms with van der Waals surface area (Å²) in [5, 5.41) is 6.18. The van der Waals surface area contributed by atoms with Gasteiger partial charge in [0.25, 0.3) is 0 Å². The lowest BCUT2D eigenvalue weighted by molar-refractivity contribution is -0.153. The topological polar surface area (TPSA) is 50.4 Å². The Morgan fingerprint density at radius 3 is 2.88 bits per heavy atom. The van der Waals surface area contributed by atoms with Crippen LogP contribution in [-0.2, 0) is 4.79 Å². The van der Waals surface area contributed by atoms with Crippen LogP contribution in [0, 0.1) is 11.8 Å². The predicted octanol–water partition coefficient (Wildman–Crippen LogP) is 4.25. The van der Waals surface area contributed by atoms with E-state index in [2.05, 4.69) is 10.6 Å². The molecule has 4 nitrogen and oxygen atoms in total. The Hall–Kier alpha value is -1.47. The Kier molecular flexibility index (Phi) is 6.95. The minimum atomic E-state index is -4.47. The lowest BCUT2D eigenvalue weighted by atomic mass is 9.85. The van der Waals surface area contributed by atoms with Gasteiger partial charge in [0, 0.05) is 17.5 Å². The van der Waals surface area contributed by atoms with E-state index in [1.54, 1.807) is 0 Å². The average molecular weight is 379 g/mol. The van der Waals surface area contributed by atoms with Crippen molar-refractivity contribution >= 4 is 23.2 Å². The molecule has 8 heteroatoms. The van der Waals surface area contributed by atoms with Crippen LogP contribution in [0.5, 0.6) is 5.75 Å². The van der Waals surface area contributed by atoms with Gasteiger partial charge < -0.3 is 15.4 Å². The lowest BCUT2D eigenvalue weighted by Gasteiger charge is -2.28. The standard InChI is InChI=1S/C17H22ClF3N2O2/c1-11(12-3-2-6-22-9-12)7-16(24)23-14-5-4-13(18)8-15(14)25-10-17(19,20)21/h4-5,8,11-12,22H,2-3,6-7,9-10H2,1H3,(H,23,24). The number of piperidine rings is 1. The van der Waals surface area contributed by atoms with E-state index in [0.29, 0.717) is 12.3 Å². The van der Waals surface area contributed by atoms with Crippen molar-refractivity contribution in [3.8, 4) is 5.75 Å². The smallest absolute Gasteiger partial charge is 0.422 e. The van der Waals surface area contributed by atoms with Gasteiger partial charge in [-0.15, -0.1) is 0 Å². The third kappa shape index (κ3) is 6.74. The molecule has 1 aliphatic heterocycles. The summed E-state index contributed by atoms with van der Waals surface area (Å²) in [6.45, 7) is 2.45. The summed E-state index contributed by atoms with van der Waals surface area (Å²) >= 11 is 5.81. The Balaban J connectivity index is 1.97. The van der Waals surface area contributed by atoms with Crippen molar-refractivity contribution in [1.29, 1.82) is 0 Å². The Bertz CT molecular complexity index is 590. The second kappa shape index (κ2) is 8.76. The van der Waals surface area contributed by atoms with Gasteiger partial charge in [-0.1, -0.05) is 18.5 Å². The first-order chi connectivity index (χ1) is 11.7. The number of carbonyl (C=O) groups excluding carboxylic acids is 1. The van der Waals surface area contributed by atoms with Crippen LogP contribution in [0.15, 0.2) is 18.2 Å². The van der Waals surface area contributed by atoms with E-state index in [-0.39, 0.29) is 28.3 Å². The van der Waals surface area contributed by atoms with E-state index in [4.69, 9.17) is 16.3 Å². The molecule has 0 aromatic heterocycles. The van der Waals surface area contributed by atoms with Gasteiger partial charge in [-0.3, -0.25) is 4.79 Å². The first kappa shape index (κ1) is 19.8. The van der Waals surface area contributed by atoms with Gasteiger partial charge in [0.1, 0.15) is 5.75 Å². The van der Waals surface area contributed by atoms with Gasteiger partial charge in [0.05, 0.1) is 5.69 Å². The molecular formula is C17H22ClF3N2O2. The summed E-state index contributed by atoms with van der Waals surface area (Å²) in [4.78, 5) is 12.3. The number of alkyl halides is 3. The average Bonchev–Trinajstić information content (AvgIpc) is 2.55. The Morgan fingerprint density at radius 1 is 1.48 bits per heavy atom. The van der Waals surface area contributed by atoms with Crippen LogP contribution in [-0.4, -0.2) is 31.8 Å². The van der Waals surface area contributed by atoms with E-state index in [1.807, 2.05) is 6.92 Å². The lowest BCUT2D eigenvalue weighted by Crippen LogP contribution is -2.34. The molecular weight excluding hydrogens is 357 g/mol. The molecule has 0 radical (unpaired) electrons. The summed E-state index contributed by atoms with van der Waals surface area (Å²) in [6.07, 6.45) is -2.01. The van der Waals surface area contributed by atoms with E-state index in [1.165, 1.54) is 18.2 Å². The summed E-state index contributed by atoms with van der Waals surface area (Å²) in [7, 11) is 0. The molecule has 1 aromatic rings. The number of ether oxygens (including phenoxy) is 1. The van der Waals surface area contributed by atoms with E-state index < -0.39 is 12.8 Å². The van der Waals surface area contributed by atoms with Crippen LogP contribution in [0.1, 0.15) is 26.2 Å². The molecule has 1 aliphatic rings. The molecule has 25 heavy (non-hydrogen) atoms. The van der Waals surface area contributed by atoms with Crippen molar-refractivity contribution in [3.63, 3.8) is 0 Å². The maximum Gasteiger partial charge on any atom is 0.422 e. The van der Waals surface area contributed by atoms with Crippen molar-refractivity contribution in [2.24, 2.45) is 11.8 Å². The number of amides is 1. The van der Waals surface area contributed by atoms with E-state index >= 15 is 0 Å². The van der Waals surface area contributed by atoms with Crippen LogP contribution in [0.2, 0.25) is 5.02 Å². The summed E-state index contributed by atoms with van der Waals surface area (Å²) in [5.74, 6) is 0.257. The number of hydrogen-bond acceptors (Lipinski definition) is 3. The molecule has 2 unspecified atom stereocenters. The summed E-state index contributed by atoms with van der Waals surface area (Å²) < 4.78 is 41.9. The summed E-state index contributed by atoms with van der Waals surface area (Å²) in [6, 6.07) is 4.20. The normalized spacial score (nSPS) is 19.3. The first-order valence-electron chi connectivity index (χ1n) is 8.24. The number of rotatable bonds is 6. The van der Waals surface area contributed by atoms with Gasteiger partial charge in [0.2, 0.25) is 5.91 Å². The molecule has 1 saturated heterocycles. The maximum absolute atomic E-state index is 12.4. The van der Waals surface area contributed by atoms with Crippen molar-refractivity contribution < 1.29 is 22.7 Å². The highest BCUT2D eigenvalue weighted by Crippen LogP contribution is 2.31. The highest BCUT2D eigenvalue weighted by atomic mass is 35.5. The zero-order chi connectivity index (χ0) is 18.4. The molecule has 0 saturated carbocycles. The number of benzene rings is 1. The quantitative estimate of drug-likeness (QED) is 0.778.